The first-order chi connectivity index (χ1) is 15.4. The van der Waals surface area contributed by atoms with Gasteiger partial charge in [-0.1, -0.05) is 12.1 Å². The number of carbonyl (C=O) groups is 3. The van der Waals surface area contributed by atoms with E-state index >= 15 is 0 Å². The Morgan fingerprint density at radius 1 is 0.906 bits per heavy atom. The van der Waals surface area contributed by atoms with Crippen LogP contribution in [0.3, 0.4) is 0 Å². The monoisotopic (exact) mass is 442 g/mol. The van der Waals surface area contributed by atoms with Gasteiger partial charge in [-0.05, 0) is 49.9 Å². The molecule has 0 spiro atoms. The average Bonchev–Trinajstić information content (AvgIpc) is 2.77. The number of ether oxygens (including phenoxy) is 2. The van der Waals surface area contributed by atoms with Crippen LogP contribution in [0, 0.1) is 0 Å². The van der Waals surface area contributed by atoms with E-state index in [4.69, 9.17) is 9.47 Å². The minimum absolute atomic E-state index is 0.0571. The zero-order valence-corrected chi connectivity index (χ0v) is 18.6. The number of likely N-dealkylation sites (N-methyl/N-ethyl adjacent to an activating group) is 1. The highest BCUT2D eigenvalue weighted by molar-refractivity contribution is 6.05. The van der Waals surface area contributed by atoms with E-state index in [1.54, 1.807) is 61.5 Å². The van der Waals surface area contributed by atoms with Gasteiger partial charge in [0.15, 0.2) is 0 Å². The number of hydrogen-bond acceptors (Lipinski definition) is 6. The molecular weight excluding hydrogens is 412 g/mol. The van der Waals surface area contributed by atoms with Gasteiger partial charge in [-0.25, -0.2) is 0 Å². The molecule has 0 aliphatic rings. The minimum atomic E-state index is -0.288. The summed E-state index contributed by atoms with van der Waals surface area (Å²) in [6.45, 7) is 1.28. The average molecular weight is 443 g/mol. The van der Waals surface area contributed by atoms with E-state index in [2.05, 4.69) is 16.0 Å². The summed E-state index contributed by atoms with van der Waals surface area (Å²) in [6.07, 6.45) is 0.735. The van der Waals surface area contributed by atoms with Crippen molar-refractivity contribution in [1.82, 2.24) is 10.2 Å². The summed E-state index contributed by atoms with van der Waals surface area (Å²) in [6, 6.07) is 13.7. The first-order valence-corrected chi connectivity index (χ1v) is 10.2. The molecule has 0 aromatic heterocycles. The van der Waals surface area contributed by atoms with Crippen LogP contribution in [0.15, 0.2) is 48.5 Å². The maximum atomic E-state index is 12.5. The molecule has 9 heteroatoms. The number of carbonyl (C=O) groups excluding carboxylic acids is 3. The molecule has 0 heterocycles. The third kappa shape index (κ3) is 8.37. The molecule has 0 saturated carbocycles. The lowest BCUT2D eigenvalue weighted by Crippen LogP contribution is -2.39. The molecule has 3 N–H and O–H groups in total. The summed E-state index contributed by atoms with van der Waals surface area (Å²) in [5.74, 6) is -0.131. The van der Waals surface area contributed by atoms with E-state index < -0.39 is 0 Å². The molecular formula is C23H30N4O5. The van der Waals surface area contributed by atoms with Gasteiger partial charge in [-0.3, -0.25) is 19.3 Å². The fraction of sp³-hybridized carbons (Fsp3) is 0.348. The summed E-state index contributed by atoms with van der Waals surface area (Å²) in [7, 11) is 4.84. The molecule has 0 unspecified atom stereocenters. The Morgan fingerprint density at radius 2 is 1.59 bits per heavy atom. The second kappa shape index (κ2) is 13.1. The number of methoxy groups -OCH3 is 2. The number of benzene rings is 2. The van der Waals surface area contributed by atoms with E-state index in [1.807, 2.05) is 6.07 Å². The highest BCUT2D eigenvalue weighted by Crippen LogP contribution is 2.23. The van der Waals surface area contributed by atoms with Crippen LogP contribution in [0.25, 0.3) is 0 Å². The summed E-state index contributed by atoms with van der Waals surface area (Å²) in [5, 5.41) is 8.34. The van der Waals surface area contributed by atoms with Crippen LogP contribution in [-0.4, -0.2) is 70.1 Å². The van der Waals surface area contributed by atoms with E-state index in [0.29, 0.717) is 35.8 Å². The third-order valence-electron chi connectivity index (χ3n) is 4.46. The molecule has 0 saturated heterocycles. The Morgan fingerprint density at radius 3 is 2.28 bits per heavy atom. The van der Waals surface area contributed by atoms with Crippen molar-refractivity contribution in [2.75, 3.05) is 58.1 Å². The van der Waals surface area contributed by atoms with Gasteiger partial charge in [0.25, 0.3) is 5.91 Å². The smallest absolute Gasteiger partial charge is 0.255 e. The molecule has 32 heavy (non-hydrogen) atoms. The van der Waals surface area contributed by atoms with E-state index in [1.165, 1.54) is 7.11 Å². The molecule has 172 valence electrons. The first kappa shape index (κ1) is 24.8. The Hall–Kier alpha value is -3.43. The SMILES string of the molecule is COCCCNC(=O)CN(C)CC(=O)Nc1ccc(C(=O)Nc2ccccc2OC)cc1. The first-order valence-electron chi connectivity index (χ1n) is 10.2. The minimum Gasteiger partial charge on any atom is -0.495 e. The van der Waals surface area contributed by atoms with Gasteiger partial charge >= 0.3 is 0 Å². The standard InChI is InChI=1S/C23H30N4O5/c1-27(15-21(28)24-13-6-14-31-2)16-22(29)25-18-11-9-17(10-12-18)23(30)26-19-7-4-5-8-20(19)32-3/h4-5,7-12H,6,13-16H2,1-3H3,(H,24,28)(H,25,29)(H,26,30). The molecule has 2 rings (SSSR count). The lowest BCUT2D eigenvalue weighted by atomic mass is 10.2. The zero-order valence-electron chi connectivity index (χ0n) is 18.6. The largest absolute Gasteiger partial charge is 0.495 e. The summed E-state index contributed by atoms with van der Waals surface area (Å²) < 4.78 is 10.2. The van der Waals surface area contributed by atoms with Crippen molar-refractivity contribution >= 4 is 29.1 Å². The van der Waals surface area contributed by atoms with Gasteiger partial charge in [0.1, 0.15) is 5.75 Å². The van der Waals surface area contributed by atoms with Gasteiger partial charge < -0.3 is 25.4 Å². The molecule has 0 atom stereocenters. The number of amides is 3. The van der Waals surface area contributed by atoms with Crippen LogP contribution < -0.4 is 20.7 Å². The Kier molecular flexibility index (Phi) is 10.2. The van der Waals surface area contributed by atoms with Crippen LogP contribution in [0.4, 0.5) is 11.4 Å². The predicted octanol–water partition coefficient (Wildman–Crippen LogP) is 1.97. The fourth-order valence-electron chi connectivity index (χ4n) is 2.89. The van der Waals surface area contributed by atoms with Crippen LogP contribution in [0.2, 0.25) is 0 Å². The van der Waals surface area contributed by atoms with Crippen LogP contribution >= 0.6 is 0 Å². The number of nitrogens with one attached hydrogen (secondary N) is 3. The van der Waals surface area contributed by atoms with E-state index in [-0.39, 0.29) is 30.8 Å². The lowest BCUT2D eigenvalue weighted by molar-refractivity contribution is -0.123. The third-order valence-corrected chi connectivity index (χ3v) is 4.46. The number of nitrogens with zero attached hydrogens (tertiary/aromatic N) is 1. The number of anilines is 2. The predicted molar refractivity (Wildman–Crippen MR) is 123 cm³/mol. The molecule has 2 aromatic carbocycles. The highest BCUT2D eigenvalue weighted by atomic mass is 16.5. The lowest BCUT2D eigenvalue weighted by Gasteiger charge is -2.16. The summed E-state index contributed by atoms with van der Waals surface area (Å²) in [4.78, 5) is 38.2. The molecule has 0 aliphatic heterocycles. The van der Waals surface area contributed by atoms with Gasteiger partial charge in [0, 0.05) is 31.5 Å². The van der Waals surface area contributed by atoms with Crippen LogP contribution in [-0.2, 0) is 14.3 Å². The normalized spacial score (nSPS) is 10.5. The second-order valence-corrected chi connectivity index (χ2v) is 7.15. The second-order valence-electron chi connectivity index (χ2n) is 7.15. The van der Waals surface area contributed by atoms with Crippen molar-refractivity contribution in [3.63, 3.8) is 0 Å². The maximum absolute atomic E-state index is 12.5. The van der Waals surface area contributed by atoms with Gasteiger partial charge in [-0.15, -0.1) is 0 Å². The molecule has 0 bridgehead atoms. The number of hydrogen-bond donors (Lipinski definition) is 3. The molecule has 2 aromatic rings. The Balaban J connectivity index is 1.80. The molecule has 9 nitrogen and oxygen atoms in total. The quantitative estimate of drug-likeness (QED) is 0.434. The van der Waals surface area contributed by atoms with Crippen molar-refractivity contribution in [1.29, 1.82) is 0 Å². The van der Waals surface area contributed by atoms with E-state index in [9.17, 15) is 14.4 Å². The van der Waals surface area contributed by atoms with Gasteiger partial charge in [0.2, 0.25) is 11.8 Å². The van der Waals surface area contributed by atoms with Crippen molar-refractivity contribution in [3.05, 3.63) is 54.1 Å². The number of rotatable bonds is 12. The molecule has 3 amide bonds. The Bertz CT molecular complexity index is 902. The van der Waals surface area contributed by atoms with Crippen molar-refractivity contribution in [2.45, 2.75) is 6.42 Å². The molecule has 0 aliphatic carbocycles. The van der Waals surface area contributed by atoms with Gasteiger partial charge in [-0.2, -0.15) is 0 Å². The Labute approximate surface area is 188 Å². The van der Waals surface area contributed by atoms with Crippen LogP contribution in [0.1, 0.15) is 16.8 Å². The summed E-state index contributed by atoms with van der Waals surface area (Å²) >= 11 is 0. The van der Waals surface area contributed by atoms with Crippen molar-refractivity contribution in [3.8, 4) is 5.75 Å². The fourth-order valence-corrected chi connectivity index (χ4v) is 2.89. The van der Waals surface area contributed by atoms with E-state index in [0.717, 1.165) is 6.42 Å². The zero-order chi connectivity index (χ0) is 23.3. The van der Waals surface area contributed by atoms with Gasteiger partial charge in [0.05, 0.1) is 25.9 Å². The molecule has 0 fully saturated rings. The van der Waals surface area contributed by atoms with Crippen molar-refractivity contribution < 1.29 is 23.9 Å². The summed E-state index contributed by atoms with van der Waals surface area (Å²) in [5.41, 5.74) is 1.57. The van der Waals surface area contributed by atoms with Crippen molar-refractivity contribution in [2.24, 2.45) is 0 Å². The van der Waals surface area contributed by atoms with Crippen LogP contribution in [0.5, 0.6) is 5.75 Å². The molecule has 0 radical (unpaired) electrons. The number of para-hydroxylation sites is 2. The highest BCUT2D eigenvalue weighted by Gasteiger charge is 2.12. The topological polar surface area (TPSA) is 109 Å². The maximum Gasteiger partial charge on any atom is 0.255 e.